The molecule has 0 fully saturated rings. The number of furan rings is 1. The van der Waals surface area contributed by atoms with Crippen LogP contribution in [0.3, 0.4) is 0 Å². The molecule has 96 valence electrons. The van der Waals surface area contributed by atoms with Crippen molar-refractivity contribution < 1.29 is 9.15 Å². The molecular formula is C14H18N2O2. The number of nitrogens with zero attached hydrogens (tertiary/aromatic N) is 1. The van der Waals surface area contributed by atoms with E-state index in [4.69, 9.17) is 9.15 Å². The lowest BCUT2D eigenvalue weighted by atomic mass is 10.3. The molecule has 2 aromatic rings. The molecule has 0 bridgehead atoms. The fraction of sp³-hybridized carbons (Fsp3) is 0.357. The van der Waals surface area contributed by atoms with E-state index >= 15 is 0 Å². The first-order chi connectivity index (χ1) is 8.74. The summed E-state index contributed by atoms with van der Waals surface area (Å²) in [4.78, 5) is 4.19. The van der Waals surface area contributed by atoms with Crippen LogP contribution in [0.2, 0.25) is 0 Å². The van der Waals surface area contributed by atoms with Gasteiger partial charge in [0, 0.05) is 12.2 Å². The molecule has 2 rings (SSSR count). The van der Waals surface area contributed by atoms with Gasteiger partial charge in [0.05, 0.1) is 19.0 Å². The minimum Gasteiger partial charge on any atom is -0.488 e. The Morgan fingerprint density at radius 3 is 2.94 bits per heavy atom. The Balaban J connectivity index is 1.71. The van der Waals surface area contributed by atoms with Gasteiger partial charge < -0.3 is 14.5 Å². The van der Waals surface area contributed by atoms with Gasteiger partial charge in [-0.3, -0.25) is 4.98 Å². The number of hydrogen-bond donors (Lipinski definition) is 1. The monoisotopic (exact) mass is 246 g/mol. The molecule has 0 aliphatic carbocycles. The first-order valence-corrected chi connectivity index (χ1v) is 6.06. The topological polar surface area (TPSA) is 47.3 Å². The molecule has 1 atom stereocenters. The van der Waals surface area contributed by atoms with Gasteiger partial charge in [-0.1, -0.05) is 0 Å². The lowest BCUT2D eigenvalue weighted by Gasteiger charge is -2.14. The Bertz CT molecular complexity index is 451. The quantitative estimate of drug-likeness (QED) is 0.851. The molecule has 0 aliphatic rings. The van der Waals surface area contributed by atoms with Crippen molar-refractivity contribution in [1.29, 1.82) is 0 Å². The Morgan fingerprint density at radius 2 is 2.28 bits per heavy atom. The fourth-order valence-corrected chi connectivity index (χ4v) is 1.61. The second-order valence-corrected chi connectivity index (χ2v) is 4.27. The summed E-state index contributed by atoms with van der Waals surface area (Å²) in [5, 5.41) is 3.28. The standard InChI is InChI=1S/C14H18N2O2/c1-11-5-6-14(10-16-11)18-12(2)8-15-9-13-4-3-7-17-13/h3-7,10,12,15H,8-9H2,1-2H3. The number of rotatable bonds is 6. The van der Waals surface area contributed by atoms with Gasteiger partial charge >= 0.3 is 0 Å². The Kier molecular flexibility index (Phi) is 4.36. The summed E-state index contributed by atoms with van der Waals surface area (Å²) in [5.41, 5.74) is 0.992. The summed E-state index contributed by atoms with van der Waals surface area (Å²) < 4.78 is 11.0. The zero-order valence-corrected chi connectivity index (χ0v) is 10.7. The summed E-state index contributed by atoms with van der Waals surface area (Å²) in [6, 6.07) is 7.71. The van der Waals surface area contributed by atoms with E-state index in [0.29, 0.717) is 6.54 Å². The molecule has 2 aromatic heterocycles. The molecule has 0 saturated heterocycles. The van der Waals surface area contributed by atoms with Crippen molar-refractivity contribution in [3.8, 4) is 5.75 Å². The zero-order valence-electron chi connectivity index (χ0n) is 10.7. The predicted molar refractivity (Wildman–Crippen MR) is 69.5 cm³/mol. The number of ether oxygens (including phenoxy) is 1. The maximum atomic E-state index is 5.73. The van der Waals surface area contributed by atoms with Gasteiger partial charge in [-0.15, -0.1) is 0 Å². The van der Waals surface area contributed by atoms with Crippen molar-refractivity contribution in [2.45, 2.75) is 26.5 Å². The number of nitrogens with one attached hydrogen (secondary N) is 1. The van der Waals surface area contributed by atoms with Crippen LogP contribution in [-0.4, -0.2) is 17.6 Å². The molecule has 0 radical (unpaired) electrons. The summed E-state index contributed by atoms with van der Waals surface area (Å²) in [6.45, 7) is 5.45. The van der Waals surface area contributed by atoms with Crippen molar-refractivity contribution in [2.24, 2.45) is 0 Å². The molecule has 2 heterocycles. The molecule has 0 saturated carbocycles. The second-order valence-electron chi connectivity index (χ2n) is 4.27. The average molecular weight is 246 g/mol. The second kappa shape index (κ2) is 6.21. The minimum atomic E-state index is 0.0875. The van der Waals surface area contributed by atoms with E-state index in [-0.39, 0.29) is 6.10 Å². The molecule has 0 spiro atoms. The predicted octanol–water partition coefficient (Wildman–Crippen LogP) is 2.54. The summed E-state index contributed by atoms with van der Waals surface area (Å²) in [5.74, 6) is 1.73. The highest BCUT2D eigenvalue weighted by Crippen LogP contribution is 2.10. The van der Waals surface area contributed by atoms with Crippen LogP contribution in [-0.2, 0) is 6.54 Å². The van der Waals surface area contributed by atoms with Crippen molar-refractivity contribution in [3.05, 3.63) is 48.2 Å². The highest BCUT2D eigenvalue weighted by Gasteiger charge is 2.04. The Morgan fingerprint density at radius 1 is 1.39 bits per heavy atom. The highest BCUT2D eigenvalue weighted by atomic mass is 16.5. The zero-order chi connectivity index (χ0) is 12.8. The molecule has 1 N–H and O–H groups in total. The maximum Gasteiger partial charge on any atom is 0.138 e. The van der Waals surface area contributed by atoms with Gasteiger partial charge in [0.25, 0.3) is 0 Å². The summed E-state index contributed by atoms with van der Waals surface area (Å²) >= 11 is 0. The first kappa shape index (κ1) is 12.6. The van der Waals surface area contributed by atoms with Gasteiger partial charge in [-0.05, 0) is 38.1 Å². The average Bonchev–Trinajstić information content (AvgIpc) is 2.85. The molecule has 1 unspecified atom stereocenters. The van der Waals surface area contributed by atoms with Gasteiger partial charge in [0.2, 0.25) is 0 Å². The fourth-order valence-electron chi connectivity index (χ4n) is 1.61. The van der Waals surface area contributed by atoms with Crippen LogP contribution in [0.25, 0.3) is 0 Å². The van der Waals surface area contributed by atoms with Gasteiger partial charge in [-0.2, -0.15) is 0 Å². The molecule has 0 aromatic carbocycles. The maximum absolute atomic E-state index is 5.73. The third-order valence-corrected chi connectivity index (χ3v) is 2.53. The Labute approximate surface area is 107 Å². The smallest absolute Gasteiger partial charge is 0.138 e. The molecule has 4 heteroatoms. The van der Waals surface area contributed by atoms with E-state index in [9.17, 15) is 0 Å². The van der Waals surface area contributed by atoms with Crippen molar-refractivity contribution in [1.82, 2.24) is 10.3 Å². The molecular weight excluding hydrogens is 228 g/mol. The van der Waals surface area contributed by atoms with Crippen molar-refractivity contribution >= 4 is 0 Å². The SMILES string of the molecule is Cc1ccc(OC(C)CNCc2ccco2)cn1. The number of hydrogen-bond acceptors (Lipinski definition) is 4. The third-order valence-electron chi connectivity index (χ3n) is 2.53. The summed E-state index contributed by atoms with van der Waals surface area (Å²) in [7, 11) is 0. The van der Waals surface area contributed by atoms with E-state index in [2.05, 4.69) is 10.3 Å². The van der Waals surface area contributed by atoms with E-state index in [1.54, 1.807) is 12.5 Å². The van der Waals surface area contributed by atoms with Crippen LogP contribution in [0, 0.1) is 6.92 Å². The molecule has 4 nitrogen and oxygen atoms in total. The van der Waals surface area contributed by atoms with Crippen LogP contribution in [0.1, 0.15) is 18.4 Å². The number of aromatic nitrogens is 1. The minimum absolute atomic E-state index is 0.0875. The van der Waals surface area contributed by atoms with E-state index < -0.39 is 0 Å². The lowest BCUT2D eigenvalue weighted by Crippen LogP contribution is -2.28. The molecule has 0 amide bonds. The largest absolute Gasteiger partial charge is 0.488 e. The third kappa shape index (κ3) is 3.89. The van der Waals surface area contributed by atoms with Crippen LogP contribution in [0.4, 0.5) is 0 Å². The van der Waals surface area contributed by atoms with Crippen LogP contribution < -0.4 is 10.1 Å². The summed E-state index contributed by atoms with van der Waals surface area (Å²) in [6.07, 6.45) is 3.51. The normalized spacial score (nSPS) is 12.3. The number of pyridine rings is 1. The molecule has 18 heavy (non-hydrogen) atoms. The Hall–Kier alpha value is -1.81. The van der Waals surface area contributed by atoms with Gasteiger partial charge in [-0.25, -0.2) is 0 Å². The lowest BCUT2D eigenvalue weighted by molar-refractivity contribution is 0.214. The van der Waals surface area contributed by atoms with Crippen LogP contribution in [0.5, 0.6) is 5.75 Å². The van der Waals surface area contributed by atoms with Crippen LogP contribution in [0.15, 0.2) is 41.1 Å². The first-order valence-electron chi connectivity index (χ1n) is 6.06. The van der Waals surface area contributed by atoms with E-state index in [1.165, 1.54) is 0 Å². The van der Waals surface area contributed by atoms with Crippen LogP contribution >= 0.6 is 0 Å². The number of aryl methyl sites for hydroxylation is 1. The van der Waals surface area contributed by atoms with E-state index in [1.807, 2.05) is 38.1 Å². The molecule has 0 aliphatic heterocycles. The van der Waals surface area contributed by atoms with Gasteiger partial charge in [0.1, 0.15) is 17.6 Å². The van der Waals surface area contributed by atoms with Crippen molar-refractivity contribution in [3.63, 3.8) is 0 Å². The highest BCUT2D eigenvalue weighted by molar-refractivity contribution is 5.19. The van der Waals surface area contributed by atoms with Crippen molar-refractivity contribution in [2.75, 3.05) is 6.54 Å². The van der Waals surface area contributed by atoms with E-state index in [0.717, 1.165) is 23.7 Å². The van der Waals surface area contributed by atoms with Gasteiger partial charge in [0.15, 0.2) is 0 Å².